The van der Waals surface area contributed by atoms with E-state index in [9.17, 15) is 4.79 Å². The van der Waals surface area contributed by atoms with Crippen molar-refractivity contribution in [3.8, 4) is 0 Å². The molecule has 0 bridgehead atoms. The predicted octanol–water partition coefficient (Wildman–Crippen LogP) is 1.71. The molecule has 0 aliphatic rings. The number of rotatable bonds is 1. The number of carboxylic acids is 1. The van der Waals surface area contributed by atoms with E-state index in [2.05, 4.69) is 0 Å². The molecule has 0 saturated heterocycles. The molecule has 3 heteroatoms. The van der Waals surface area contributed by atoms with Gasteiger partial charge in [-0.25, -0.2) is 0 Å². The van der Waals surface area contributed by atoms with E-state index in [1.54, 1.807) is 12.1 Å². The van der Waals surface area contributed by atoms with Crippen LogP contribution in [0.3, 0.4) is 0 Å². The van der Waals surface area contributed by atoms with Gasteiger partial charge in [0.05, 0.1) is 0 Å². The molecule has 0 unspecified atom stereocenters. The van der Waals surface area contributed by atoms with Crippen molar-refractivity contribution in [1.82, 2.24) is 0 Å². The van der Waals surface area contributed by atoms with E-state index in [4.69, 9.17) is 5.11 Å². The molecule has 0 amide bonds. The second-order valence-corrected chi connectivity index (χ2v) is 6.09. The third-order valence-electron chi connectivity index (χ3n) is 2.22. The van der Waals surface area contributed by atoms with Crippen LogP contribution >= 0.6 is 0 Å². The summed E-state index contributed by atoms with van der Waals surface area (Å²) in [5.74, 6) is -0.839. The Kier molecular flexibility index (Phi) is 2.55. The van der Waals surface area contributed by atoms with E-state index in [1.807, 2.05) is 24.3 Å². The molecular weight excluding hydrogens is 365 g/mol. The summed E-state index contributed by atoms with van der Waals surface area (Å²) >= 11 is 0.445. The quantitative estimate of drug-likeness (QED) is 0.775. The molecule has 0 radical (unpaired) electrons. The van der Waals surface area contributed by atoms with Gasteiger partial charge in [0.2, 0.25) is 0 Å². The molecule has 0 atom stereocenters. The Hall–Kier alpha value is -0.895. The van der Waals surface area contributed by atoms with Gasteiger partial charge in [-0.1, -0.05) is 0 Å². The van der Waals surface area contributed by atoms with Gasteiger partial charge in [-0.05, 0) is 0 Å². The van der Waals surface area contributed by atoms with Crippen LogP contribution in [0.1, 0.15) is 10.4 Å². The van der Waals surface area contributed by atoms with Gasteiger partial charge in [-0.2, -0.15) is 0 Å². The van der Waals surface area contributed by atoms with Gasteiger partial charge in [0, 0.05) is 0 Å². The molecule has 0 aliphatic carbocycles. The average molecular weight is 372 g/mol. The molecule has 65 valence electrons. The number of fused-ring (bicyclic) bond motifs is 1. The number of carbonyl (C=O) groups is 1. The van der Waals surface area contributed by atoms with E-state index in [1.165, 1.54) is 3.07 Å². The second kappa shape index (κ2) is 3.69. The maximum absolute atomic E-state index is 11.0. The zero-order valence-electron chi connectivity index (χ0n) is 7.53. The molecular formula is C11H7HgO2. The van der Waals surface area contributed by atoms with Gasteiger partial charge in [-0.3, -0.25) is 0 Å². The summed E-state index contributed by atoms with van der Waals surface area (Å²) in [5.41, 5.74) is 0.424. The van der Waals surface area contributed by atoms with E-state index >= 15 is 0 Å². The summed E-state index contributed by atoms with van der Waals surface area (Å²) < 4.78 is 1.19. The van der Waals surface area contributed by atoms with Crippen molar-refractivity contribution in [1.29, 1.82) is 0 Å². The predicted molar refractivity (Wildman–Crippen MR) is 50.5 cm³/mol. The molecule has 0 aromatic heterocycles. The first kappa shape index (κ1) is 9.65. The number of hydrogen-bond donors (Lipinski definition) is 1. The Labute approximate surface area is 97.5 Å². The first-order chi connectivity index (χ1) is 6.70. The molecule has 1 N–H and O–H groups in total. The minimum absolute atomic E-state index is 0.424. The molecule has 0 spiro atoms. The van der Waals surface area contributed by atoms with Gasteiger partial charge in [0.15, 0.2) is 0 Å². The van der Waals surface area contributed by atoms with Crippen LogP contribution in [0.15, 0.2) is 36.4 Å². The Morgan fingerprint density at radius 2 is 1.79 bits per heavy atom. The van der Waals surface area contributed by atoms with Crippen molar-refractivity contribution in [2.45, 2.75) is 0 Å². The zero-order chi connectivity index (χ0) is 10.1. The molecule has 0 saturated carbocycles. The Morgan fingerprint density at radius 3 is 2.43 bits per heavy atom. The summed E-state index contributed by atoms with van der Waals surface area (Å²) in [6, 6.07) is 11.4. The fourth-order valence-electron chi connectivity index (χ4n) is 1.60. The topological polar surface area (TPSA) is 37.3 Å². The van der Waals surface area contributed by atoms with Crippen LogP contribution < -0.4 is 3.07 Å². The summed E-state index contributed by atoms with van der Waals surface area (Å²) in [5, 5.41) is 11.0. The monoisotopic (exact) mass is 373 g/mol. The van der Waals surface area contributed by atoms with Gasteiger partial charge >= 0.3 is 97.8 Å². The van der Waals surface area contributed by atoms with Crippen LogP contribution in [0.5, 0.6) is 0 Å². The van der Waals surface area contributed by atoms with Crippen molar-refractivity contribution in [3.63, 3.8) is 0 Å². The summed E-state index contributed by atoms with van der Waals surface area (Å²) in [6.45, 7) is 0. The van der Waals surface area contributed by atoms with Crippen molar-refractivity contribution < 1.29 is 36.0 Å². The number of aromatic carboxylic acids is 1. The molecule has 2 rings (SSSR count). The molecule has 14 heavy (non-hydrogen) atoms. The van der Waals surface area contributed by atoms with Crippen LogP contribution in [0, 0.1) is 0 Å². The van der Waals surface area contributed by atoms with Crippen molar-refractivity contribution in [3.05, 3.63) is 42.0 Å². The number of benzene rings is 2. The molecule has 2 aromatic carbocycles. The van der Waals surface area contributed by atoms with Crippen molar-refractivity contribution in [2.24, 2.45) is 0 Å². The van der Waals surface area contributed by atoms with E-state index in [0.29, 0.717) is 31.7 Å². The van der Waals surface area contributed by atoms with Crippen LogP contribution in [-0.4, -0.2) is 11.1 Å². The SMILES string of the molecule is O=C(O)c1cccc2ccc[c]([Hg])c12. The molecule has 0 aliphatic heterocycles. The third kappa shape index (κ3) is 1.54. The number of carboxylic acid groups (broad SMARTS) is 1. The first-order valence-corrected chi connectivity index (χ1v) is 7.02. The summed E-state index contributed by atoms with van der Waals surface area (Å²) in [6.07, 6.45) is 0. The number of hydrogen-bond acceptors (Lipinski definition) is 1. The van der Waals surface area contributed by atoms with Crippen molar-refractivity contribution >= 4 is 19.8 Å². The normalized spacial score (nSPS) is 10.4. The van der Waals surface area contributed by atoms with Gasteiger partial charge < -0.3 is 0 Å². The first-order valence-electron chi connectivity index (χ1n) is 4.27. The van der Waals surface area contributed by atoms with Crippen LogP contribution in [0.25, 0.3) is 10.8 Å². The van der Waals surface area contributed by atoms with E-state index in [0.717, 1.165) is 10.8 Å². The molecule has 2 aromatic rings. The Bertz CT molecular complexity index is 500. The minimum atomic E-state index is -0.839. The van der Waals surface area contributed by atoms with Crippen molar-refractivity contribution in [2.75, 3.05) is 0 Å². The Balaban J connectivity index is 2.91. The third-order valence-corrected chi connectivity index (χ3v) is 4.51. The summed E-state index contributed by atoms with van der Waals surface area (Å²) in [7, 11) is 0. The molecule has 0 fully saturated rings. The summed E-state index contributed by atoms with van der Waals surface area (Å²) in [4.78, 5) is 11.0. The molecule has 0 heterocycles. The fourth-order valence-corrected chi connectivity index (χ4v) is 3.66. The van der Waals surface area contributed by atoms with Gasteiger partial charge in [0.25, 0.3) is 0 Å². The standard InChI is InChI=1S/C11H7O2.Hg/c12-11(13)10-7-3-5-8-4-1-2-6-9(8)10;/h1-5,7H,(H,12,13);. The van der Waals surface area contributed by atoms with E-state index in [-0.39, 0.29) is 0 Å². The maximum atomic E-state index is 11.0. The van der Waals surface area contributed by atoms with Crippen LogP contribution in [0.2, 0.25) is 0 Å². The van der Waals surface area contributed by atoms with E-state index < -0.39 is 5.97 Å². The fraction of sp³-hybridized carbons (Fsp3) is 0. The molecule has 2 nitrogen and oxygen atoms in total. The average Bonchev–Trinajstić information content (AvgIpc) is 2.17. The zero-order valence-corrected chi connectivity index (χ0v) is 13.0. The Morgan fingerprint density at radius 1 is 1.14 bits per heavy atom. The van der Waals surface area contributed by atoms with Gasteiger partial charge in [0.1, 0.15) is 0 Å². The van der Waals surface area contributed by atoms with Crippen LogP contribution in [0.4, 0.5) is 0 Å². The second-order valence-electron chi connectivity index (χ2n) is 3.13. The van der Waals surface area contributed by atoms with Crippen LogP contribution in [-0.2, 0) is 26.1 Å². The van der Waals surface area contributed by atoms with Gasteiger partial charge in [-0.15, -0.1) is 0 Å².